The SMILES string of the molecule is O=C(O)c1ccc(OCC2CCCCC2)cc1C(F)(F)F. The van der Waals surface area contributed by atoms with Crippen molar-refractivity contribution in [2.75, 3.05) is 6.61 Å². The molecule has 6 heteroatoms. The van der Waals surface area contributed by atoms with Crippen molar-refractivity contribution in [3.05, 3.63) is 29.3 Å². The number of ether oxygens (including phenoxy) is 1. The molecule has 1 fully saturated rings. The van der Waals surface area contributed by atoms with E-state index in [1.807, 2.05) is 0 Å². The van der Waals surface area contributed by atoms with Gasteiger partial charge in [-0.1, -0.05) is 19.3 Å². The first kappa shape index (κ1) is 15.7. The van der Waals surface area contributed by atoms with Crippen LogP contribution in [-0.2, 0) is 6.18 Å². The van der Waals surface area contributed by atoms with Gasteiger partial charge in [-0.3, -0.25) is 0 Å². The highest BCUT2D eigenvalue weighted by atomic mass is 19.4. The first-order valence-corrected chi connectivity index (χ1v) is 6.95. The van der Waals surface area contributed by atoms with Gasteiger partial charge in [0.15, 0.2) is 0 Å². The van der Waals surface area contributed by atoms with Crippen LogP contribution in [0.15, 0.2) is 18.2 Å². The zero-order valence-corrected chi connectivity index (χ0v) is 11.4. The summed E-state index contributed by atoms with van der Waals surface area (Å²) in [5.74, 6) is -1.16. The van der Waals surface area contributed by atoms with Crippen molar-refractivity contribution in [3.63, 3.8) is 0 Å². The molecule has 1 aromatic rings. The maximum absolute atomic E-state index is 12.9. The van der Waals surface area contributed by atoms with Crippen LogP contribution in [0, 0.1) is 5.92 Å². The average Bonchev–Trinajstić information content (AvgIpc) is 2.45. The van der Waals surface area contributed by atoms with Gasteiger partial charge in [0.1, 0.15) is 5.75 Å². The Morgan fingerprint density at radius 3 is 2.48 bits per heavy atom. The minimum absolute atomic E-state index is 0.0675. The number of rotatable bonds is 4. The van der Waals surface area contributed by atoms with Crippen LogP contribution in [0.5, 0.6) is 5.75 Å². The zero-order valence-electron chi connectivity index (χ0n) is 11.4. The normalized spacial score (nSPS) is 16.7. The number of benzene rings is 1. The van der Waals surface area contributed by atoms with E-state index in [0.717, 1.165) is 37.8 Å². The van der Waals surface area contributed by atoms with E-state index >= 15 is 0 Å². The van der Waals surface area contributed by atoms with Crippen LogP contribution in [0.1, 0.15) is 48.0 Å². The van der Waals surface area contributed by atoms with Crippen molar-refractivity contribution < 1.29 is 27.8 Å². The Balaban J connectivity index is 2.11. The monoisotopic (exact) mass is 302 g/mol. The molecule has 0 bridgehead atoms. The van der Waals surface area contributed by atoms with E-state index in [4.69, 9.17) is 9.84 Å². The molecule has 116 valence electrons. The number of carboxylic acid groups (broad SMARTS) is 1. The summed E-state index contributed by atoms with van der Waals surface area (Å²) >= 11 is 0. The Bertz CT molecular complexity index is 505. The minimum Gasteiger partial charge on any atom is -0.493 e. The largest absolute Gasteiger partial charge is 0.493 e. The summed E-state index contributed by atoms with van der Waals surface area (Å²) in [4.78, 5) is 10.8. The second-order valence-electron chi connectivity index (χ2n) is 5.33. The summed E-state index contributed by atoms with van der Waals surface area (Å²) in [5.41, 5.74) is -1.93. The summed E-state index contributed by atoms with van der Waals surface area (Å²) in [5, 5.41) is 8.81. The number of carbonyl (C=O) groups is 1. The van der Waals surface area contributed by atoms with Crippen LogP contribution in [0.3, 0.4) is 0 Å². The van der Waals surface area contributed by atoms with E-state index < -0.39 is 23.3 Å². The molecule has 0 heterocycles. The number of alkyl halides is 3. The lowest BCUT2D eigenvalue weighted by Crippen LogP contribution is -2.16. The fourth-order valence-electron chi connectivity index (χ4n) is 2.60. The Hall–Kier alpha value is -1.72. The van der Waals surface area contributed by atoms with Crippen LogP contribution in [0.25, 0.3) is 0 Å². The fourth-order valence-corrected chi connectivity index (χ4v) is 2.60. The summed E-state index contributed by atoms with van der Waals surface area (Å²) in [6, 6.07) is 3.00. The number of halogens is 3. The zero-order chi connectivity index (χ0) is 15.5. The van der Waals surface area contributed by atoms with Gasteiger partial charge in [0, 0.05) is 0 Å². The van der Waals surface area contributed by atoms with Crippen molar-refractivity contribution in [1.29, 1.82) is 0 Å². The molecule has 3 nitrogen and oxygen atoms in total. The quantitative estimate of drug-likeness (QED) is 0.898. The highest BCUT2D eigenvalue weighted by Gasteiger charge is 2.35. The molecule has 2 rings (SSSR count). The lowest BCUT2D eigenvalue weighted by Gasteiger charge is -2.22. The van der Waals surface area contributed by atoms with Gasteiger partial charge in [-0.15, -0.1) is 0 Å². The van der Waals surface area contributed by atoms with Gasteiger partial charge in [-0.05, 0) is 37.0 Å². The van der Waals surface area contributed by atoms with E-state index in [1.165, 1.54) is 12.5 Å². The molecule has 1 aliphatic rings. The van der Waals surface area contributed by atoms with Crippen molar-refractivity contribution in [2.45, 2.75) is 38.3 Å². The van der Waals surface area contributed by atoms with Crippen LogP contribution in [-0.4, -0.2) is 17.7 Å². The van der Waals surface area contributed by atoms with Gasteiger partial charge < -0.3 is 9.84 Å². The number of hydrogen-bond acceptors (Lipinski definition) is 2. The number of carboxylic acids is 1. The molecule has 0 radical (unpaired) electrons. The Morgan fingerprint density at radius 2 is 1.90 bits per heavy atom. The highest BCUT2D eigenvalue weighted by Crippen LogP contribution is 2.35. The van der Waals surface area contributed by atoms with Gasteiger partial charge in [0.25, 0.3) is 0 Å². The van der Waals surface area contributed by atoms with Crippen LogP contribution in [0.4, 0.5) is 13.2 Å². The molecule has 1 aromatic carbocycles. The third-order valence-corrected chi connectivity index (χ3v) is 3.74. The van der Waals surface area contributed by atoms with Gasteiger partial charge in [-0.25, -0.2) is 4.79 Å². The molecule has 0 aromatic heterocycles. The van der Waals surface area contributed by atoms with Crippen molar-refractivity contribution in [3.8, 4) is 5.75 Å². The molecule has 1 saturated carbocycles. The predicted octanol–water partition coefficient (Wildman–Crippen LogP) is 4.36. The topological polar surface area (TPSA) is 46.5 Å². The van der Waals surface area contributed by atoms with Gasteiger partial charge in [-0.2, -0.15) is 13.2 Å². The summed E-state index contributed by atoms with van der Waals surface area (Å²) in [6.07, 6.45) is 0.790. The Morgan fingerprint density at radius 1 is 1.24 bits per heavy atom. The molecule has 1 N–H and O–H groups in total. The molecular formula is C15H17F3O3. The molecule has 21 heavy (non-hydrogen) atoms. The maximum atomic E-state index is 12.9. The highest BCUT2D eigenvalue weighted by molar-refractivity contribution is 5.89. The lowest BCUT2D eigenvalue weighted by atomic mass is 9.90. The van der Waals surface area contributed by atoms with Crippen molar-refractivity contribution in [2.24, 2.45) is 5.92 Å². The number of aromatic carboxylic acids is 1. The fraction of sp³-hybridized carbons (Fsp3) is 0.533. The number of hydrogen-bond donors (Lipinski definition) is 1. The van der Waals surface area contributed by atoms with E-state index in [9.17, 15) is 18.0 Å². The predicted molar refractivity (Wildman–Crippen MR) is 70.5 cm³/mol. The second-order valence-corrected chi connectivity index (χ2v) is 5.33. The molecule has 0 unspecified atom stereocenters. The Labute approximate surface area is 120 Å². The van der Waals surface area contributed by atoms with E-state index in [-0.39, 0.29) is 5.75 Å². The summed E-state index contributed by atoms with van der Waals surface area (Å²) in [7, 11) is 0. The molecule has 0 saturated heterocycles. The van der Waals surface area contributed by atoms with Gasteiger partial charge >= 0.3 is 12.1 Å². The third-order valence-electron chi connectivity index (χ3n) is 3.74. The van der Waals surface area contributed by atoms with E-state index in [1.54, 1.807) is 0 Å². The minimum atomic E-state index is -4.71. The standard InChI is InChI=1S/C15H17F3O3/c16-15(17,18)13-8-11(6-7-12(13)14(19)20)21-9-10-4-2-1-3-5-10/h6-8,10H,1-5,9H2,(H,19,20). The molecule has 0 amide bonds. The summed E-state index contributed by atoms with van der Waals surface area (Å²) < 4.78 is 44.0. The first-order valence-electron chi connectivity index (χ1n) is 6.95. The van der Waals surface area contributed by atoms with E-state index in [0.29, 0.717) is 12.5 Å². The van der Waals surface area contributed by atoms with Crippen LogP contribution in [0.2, 0.25) is 0 Å². The van der Waals surface area contributed by atoms with Crippen LogP contribution < -0.4 is 4.74 Å². The average molecular weight is 302 g/mol. The van der Waals surface area contributed by atoms with Crippen molar-refractivity contribution in [1.82, 2.24) is 0 Å². The second kappa shape index (κ2) is 6.37. The van der Waals surface area contributed by atoms with Gasteiger partial charge in [0.2, 0.25) is 0 Å². The smallest absolute Gasteiger partial charge is 0.417 e. The third kappa shape index (κ3) is 4.12. The summed E-state index contributed by atoms with van der Waals surface area (Å²) in [6.45, 7) is 0.379. The van der Waals surface area contributed by atoms with Crippen molar-refractivity contribution >= 4 is 5.97 Å². The maximum Gasteiger partial charge on any atom is 0.417 e. The lowest BCUT2D eigenvalue weighted by molar-refractivity contribution is -0.138. The molecular weight excluding hydrogens is 285 g/mol. The Kier molecular flexibility index (Phi) is 4.75. The molecule has 0 atom stereocenters. The first-order chi connectivity index (χ1) is 9.88. The van der Waals surface area contributed by atoms with E-state index in [2.05, 4.69) is 0 Å². The molecule has 0 aliphatic heterocycles. The molecule has 0 spiro atoms. The van der Waals surface area contributed by atoms with Crippen LogP contribution >= 0.6 is 0 Å². The van der Waals surface area contributed by atoms with Gasteiger partial charge in [0.05, 0.1) is 17.7 Å². The molecule has 1 aliphatic carbocycles.